The van der Waals surface area contributed by atoms with Gasteiger partial charge in [0.25, 0.3) is 0 Å². The molecule has 1 saturated heterocycles. The highest BCUT2D eigenvalue weighted by atomic mass is 19.2. The quantitative estimate of drug-likeness (QED) is 0.296. The number of aromatic nitrogens is 1. The normalized spacial score (nSPS) is 21.1. The van der Waals surface area contributed by atoms with Gasteiger partial charge in [0.05, 0.1) is 11.4 Å². The van der Waals surface area contributed by atoms with Gasteiger partial charge in [0.15, 0.2) is 11.6 Å². The highest BCUT2D eigenvalue weighted by Crippen LogP contribution is 2.42. The topological polar surface area (TPSA) is 101 Å². The van der Waals surface area contributed by atoms with Crippen LogP contribution >= 0.6 is 0 Å². The molecule has 190 valence electrons. The second-order valence-corrected chi connectivity index (χ2v) is 10.1. The molecule has 1 aliphatic heterocycles. The van der Waals surface area contributed by atoms with Gasteiger partial charge in [0.2, 0.25) is 0 Å². The zero-order chi connectivity index (χ0) is 25.4. The molecule has 36 heavy (non-hydrogen) atoms. The molecule has 8 heteroatoms. The lowest BCUT2D eigenvalue weighted by Crippen LogP contribution is -2.23. The van der Waals surface area contributed by atoms with Crippen molar-refractivity contribution in [1.82, 2.24) is 4.57 Å². The Morgan fingerprint density at radius 2 is 1.81 bits per heavy atom. The van der Waals surface area contributed by atoms with Gasteiger partial charge in [-0.05, 0) is 80.7 Å². The van der Waals surface area contributed by atoms with Crippen LogP contribution in [-0.4, -0.2) is 35.1 Å². The number of nitrogen functional groups attached to an aromatic ring is 1. The molecule has 0 unspecified atom stereocenters. The highest BCUT2D eigenvalue weighted by Gasteiger charge is 2.31. The van der Waals surface area contributed by atoms with Crippen LogP contribution < -0.4 is 5.73 Å². The van der Waals surface area contributed by atoms with Gasteiger partial charge in [-0.2, -0.15) is 0 Å². The summed E-state index contributed by atoms with van der Waals surface area (Å²) in [6.45, 7) is 1.25. The lowest BCUT2D eigenvalue weighted by molar-refractivity contribution is -0.143. The zero-order valence-electron chi connectivity index (χ0n) is 20.1. The van der Waals surface area contributed by atoms with Gasteiger partial charge >= 0.3 is 5.97 Å². The van der Waals surface area contributed by atoms with E-state index in [1.54, 1.807) is 6.07 Å². The molecule has 0 spiro atoms. The lowest BCUT2D eigenvalue weighted by atomic mass is 9.78. The van der Waals surface area contributed by atoms with Crippen molar-refractivity contribution in [3.8, 4) is 5.69 Å². The Morgan fingerprint density at radius 3 is 2.44 bits per heavy atom. The summed E-state index contributed by atoms with van der Waals surface area (Å²) in [6, 6.07) is 7.70. The monoisotopic (exact) mass is 495 g/mol. The van der Waals surface area contributed by atoms with E-state index in [-0.39, 0.29) is 11.8 Å². The molecule has 2 heterocycles. The van der Waals surface area contributed by atoms with Crippen molar-refractivity contribution in [2.24, 2.45) is 11.8 Å². The van der Waals surface area contributed by atoms with E-state index in [0.29, 0.717) is 48.9 Å². The van der Waals surface area contributed by atoms with E-state index in [4.69, 9.17) is 15.9 Å². The molecule has 1 aliphatic carbocycles. The summed E-state index contributed by atoms with van der Waals surface area (Å²) in [4.78, 5) is 11.5. The summed E-state index contributed by atoms with van der Waals surface area (Å²) in [6.07, 6.45) is 6.57. The average molecular weight is 496 g/mol. The number of carbonyl (C=O) groups is 1. The van der Waals surface area contributed by atoms with E-state index < -0.39 is 17.6 Å². The minimum atomic E-state index is -0.913. The van der Waals surface area contributed by atoms with Gasteiger partial charge in [-0.15, -0.1) is 0 Å². The molecule has 6 nitrogen and oxygen atoms in total. The van der Waals surface area contributed by atoms with Gasteiger partial charge in [0.1, 0.15) is 0 Å². The predicted octanol–water partition coefficient (Wildman–Crippen LogP) is 5.82. The number of benzene rings is 2. The highest BCUT2D eigenvalue weighted by molar-refractivity contribution is 5.97. The van der Waals surface area contributed by atoms with Crippen molar-refractivity contribution in [1.29, 1.82) is 5.41 Å². The number of halogens is 2. The first kappa shape index (κ1) is 24.4. The fourth-order valence-electron chi connectivity index (χ4n) is 5.99. The Bertz CT molecular complexity index is 1310. The van der Waals surface area contributed by atoms with Crippen molar-refractivity contribution < 1.29 is 23.4 Å². The third kappa shape index (κ3) is 4.50. The molecule has 3 aromatic rings. The molecular formula is C28H31F2N3O3. The van der Waals surface area contributed by atoms with Crippen LogP contribution in [0.5, 0.6) is 0 Å². The van der Waals surface area contributed by atoms with Crippen LogP contribution in [0.1, 0.15) is 61.3 Å². The molecule has 4 N–H and O–H groups in total. The van der Waals surface area contributed by atoms with E-state index >= 15 is 0 Å². The number of carboxylic acids is 1. The number of nitrogens with two attached hydrogens (primary N) is 1. The van der Waals surface area contributed by atoms with E-state index in [2.05, 4.69) is 0 Å². The Kier molecular flexibility index (Phi) is 6.79. The van der Waals surface area contributed by atoms with Crippen LogP contribution in [0, 0.1) is 28.9 Å². The minimum absolute atomic E-state index is 0.161. The van der Waals surface area contributed by atoms with Gasteiger partial charge in [-0.1, -0.05) is 0 Å². The van der Waals surface area contributed by atoms with Gasteiger partial charge in [0, 0.05) is 59.4 Å². The molecule has 0 radical (unpaired) electrons. The second kappa shape index (κ2) is 10.0. The number of anilines is 1. The summed E-state index contributed by atoms with van der Waals surface area (Å²) in [7, 11) is 0. The Hall–Kier alpha value is -3.26. The van der Waals surface area contributed by atoms with Crippen molar-refractivity contribution in [3.05, 3.63) is 58.8 Å². The maximum atomic E-state index is 14.4. The predicted molar refractivity (Wildman–Crippen MR) is 135 cm³/mol. The molecule has 2 fully saturated rings. The van der Waals surface area contributed by atoms with Crippen molar-refractivity contribution in [3.63, 3.8) is 0 Å². The number of hydrogen-bond acceptors (Lipinski definition) is 4. The number of fused-ring (bicyclic) bond motifs is 1. The van der Waals surface area contributed by atoms with Crippen LogP contribution in [0.4, 0.5) is 14.5 Å². The Morgan fingerprint density at radius 1 is 1.08 bits per heavy atom. The first-order valence-corrected chi connectivity index (χ1v) is 12.6. The maximum Gasteiger partial charge on any atom is 0.306 e. The lowest BCUT2D eigenvalue weighted by Gasteiger charge is -2.29. The largest absolute Gasteiger partial charge is 0.481 e. The van der Waals surface area contributed by atoms with Crippen molar-refractivity contribution >= 4 is 28.8 Å². The fraction of sp³-hybridized carbons (Fsp3) is 0.429. The minimum Gasteiger partial charge on any atom is -0.481 e. The fourth-order valence-corrected chi connectivity index (χ4v) is 5.99. The van der Waals surface area contributed by atoms with E-state index in [9.17, 15) is 18.7 Å². The molecule has 5 rings (SSSR count). The summed E-state index contributed by atoms with van der Waals surface area (Å²) >= 11 is 0. The first-order chi connectivity index (χ1) is 17.4. The first-order valence-electron chi connectivity index (χ1n) is 12.6. The number of ether oxygens (including phenoxy) is 1. The Labute approximate surface area is 208 Å². The van der Waals surface area contributed by atoms with Crippen LogP contribution in [0.2, 0.25) is 0 Å². The molecular weight excluding hydrogens is 464 g/mol. The van der Waals surface area contributed by atoms with Gasteiger partial charge in [-0.25, -0.2) is 8.78 Å². The summed E-state index contributed by atoms with van der Waals surface area (Å²) in [5, 5.41) is 18.2. The van der Waals surface area contributed by atoms with Crippen molar-refractivity contribution in [2.45, 2.75) is 50.9 Å². The van der Waals surface area contributed by atoms with E-state index in [1.165, 1.54) is 12.3 Å². The van der Waals surface area contributed by atoms with Gasteiger partial charge < -0.3 is 25.6 Å². The van der Waals surface area contributed by atoms with E-state index in [0.717, 1.165) is 60.3 Å². The number of nitrogens with one attached hydrogen (secondary N) is 1. The molecule has 0 atom stereocenters. The molecule has 1 aromatic heterocycles. The van der Waals surface area contributed by atoms with E-state index in [1.807, 2.05) is 16.7 Å². The average Bonchev–Trinajstić information content (AvgIpc) is 3.18. The summed E-state index contributed by atoms with van der Waals surface area (Å²) in [5.41, 5.74) is 10.9. The second-order valence-electron chi connectivity index (χ2n) is 10.1. The Balaban J connectivity index is 1.70. The third-order valence-corrected chi connectivity index (χ3v) is 7.93. The number of rotatable bonds is 6. The molecule has 0 bridgehead atoms. The standard InChI is InChI=1S/C28H31F2N3O3/c29-23-6-5-20(13-24(23)30)33-26-12-19(15-31)25(32)14-21(26)22(27(33)17-7-9-36-10-8-17)11-16-1-3-18(4-2-16)28(34)35/h5-6,12-18,31H,1-4,7-11,32H2,(H,34,35). The number of carboxylic acid groups (broad SMARTS) is 1. The SMILES string of the molecule is N=Cc1cc2c(cc1N)c(CC1CCC(C(=O)O)CC1)c(C1CCOCC1)n2-c1ccc(F)c(F)c1. The zero-order valence-corrected chi connectivity index (χ0v) is 20.1. The third-order valence-electron chi connectivity index (χ3n) is 7.93. The number of nitrogens with zero attached hydrogens (tertiary/aromatic N) is 1. The number of hydrogen-bond donors (Lipinski definition) is 3. The van der Waals surface area contributed by atoms with Crippen LogP contribution in [0.25, 0.3) is 16.6 Å². The number of aliphatic carboxylic acids is 1. The van der Waals surface area contributed by atoms with Gasteiger partial charge in [-0.3, -0.25) is 4.79 Å². The van der Waals surface area contributed by atoms with Crippen LogP contribution in [0.3, 0.4) is 0 Å². The molecule has 0 amide bonds. The van der Waals surface area contributed by atoms with Crippen LogP contribution in [-0.2, 0) is 16.0 Å². The molecule has 2 aromatic carbocycles. The van der Waals surface area contributed by atoms with Crippen molar-refractivity contribution in [2.75, 3.05) is 18.9 Å². The molecule has 2 aliphatic rings. The molecule has 1 saturated carbocycles. The smallest absolute Gasteiger partial charge is 0.306 e. The summed E-state index contributed by atoms with van der Waals surface area (Å²) < 4.78 is 35.9. The van der Waals surface area contributed by atoms with Crippen LogP contribution in [0.15, 0.2) is 30.3 Å². The summed E-state index contributed by atoms with van der Waals surface area (Å²) in [5.74, 6) is -2.34. The maximum absolute atomic E-state index is 14.4.